The second-order valence-corrected chi connectivity index (χ2v) is 4.57. The summed E-state index contributed by atoms with van der Waals surface area (Å²) in [6.45, 7) is 2.37. The van der Waals surface area contributed by atoms with Gasteiger partial charge in [-0.15, -0.1) is 0 Å². The van der Waals surface area contributed by atoms with E-state index in [-0.39, 0.29) is 5.56 Å². The van der Waals surface area contributed by atoms with E-state index in [0.717, 1.165) is 43.1 Å². The van der Waals surface area contributed by atoms with Crippen molar-refractivity contribution in [2.75, 3.05) is 18.6 Å². The Morgan fingerprint density at radius 2 is 2.53 bits per heavy atom. The Labute approximate surface area is 93.1 Å². The van der Waals surface area contributed by atoms with Crippen molar-refractivity contribution in [3.05, 3.63) is 27.9 Å². The molecule has 0 spiro atoms. The lowest BCUT2D eigenvalue weighted by Gasteiger charge is -2.16. The second kappa shape index (κ2) is 4.81. The van der Waals surface area contributed by atoms with E-state index in [1.165, 1.54) is 0 Å². The number of hydrogen-bond acceptors (Lipinski definition) is 4. The largest absolute Gasteiger partial charge is 0.311 e. The van der Waals surface area contributed by atoms with Crippen molar-refractivity contribution in [2.24, 2.45) is 0 Å². The van der Waals surface area contributed by atoms with Crippen LogP contribution in [0, 0.1) is 0 Å². The van der Waals surface area contributed by atoms with E-state index < -0.39 is 0 Å². The molecule has 1 aromatic rings. The molecule has 0 unspecified atom stereocenters. The fraction of sp³-hybridized carbons (Fsp3) is 0.600. The van der Waals surface area contributed by atoms with Gasteiger partial charge in [-0.3, -0.25) is 9.36 Å². The number of aromatic nitrogens is 2. The summed E-state index contributed by atoms with van der Waals surface area (Å²) in [6.07, 6.45) is 4.52. The molecule has 4 nitrogen and oxygen atoms in total. The standard InChI is InChI=1S/C10H15N3OS/c1-15-5-4-13-7-12-9-6-11-3-2-8(9)10(13)14/h7,11H,2-6H2,1H3. The topological polar surface area (TPSA) is 46.9 Å². The van der Waals surface area contributed by atoms with Crippen LogP contribution in [0.4, 0.5) is 0 Å². The van der Waals surface area contributed by atoms with Crippen LogP contribution in [0.1, 0.15) is 11.3 Å². The zero-order valence-electron chi connectivity index (χ0n) is 8.82. The van der Waals surface area contributed by atoms with Crippen molar-refractivity contribution in [1.29, 1.82) is 0 Å². The van der Waals surface area contributed by atoms with E-state index in [9.17, 15) is 4.79 Å². The summed E-state index contributed by atoms with van der Waals surface area (Å²) in [6, 6.07) is 0. The fourth-order valence-corrected chi connectivity index (χ4v) is 2.12. The molecule has 1 aliphatic heterocycles. The average Bonchev–Trinajstić information content (AvgIpc) is 2.29. The lowest BCUT2D eigenvalue weighted by atomic mass is 10.1. The van der Waals surface area contributed by atoms with Gasteiger partial charge in [-0.1, -0.05) is 0 Å². The van der Waals surface area contributed by atoms with E-state index in [0.29, 0.717) is 0 Å². The summed E-state index contributed by atoms with van der Waals surface area (Å²) in [5, 5.41) is 3.22. The minimum atomic E-state index is 0.149. The van der Waals surface area contributed by atoms with Gasteiger partial charge in [-0.2, -0.15) is 11.8 Å². The number of nitrogens with zero attached hydrogens (tertiary/aromatic N) is 2. The molecule has 15 heavy (non-hydrogen) atoms. The Balaban J connectivity index is 2.30. The molecule has 0 saturated heterocycles. The number of nitrogens with one attached hydrogen (secondary N) is 1. The van der Waals surface area contributed by atoms with Gasteiger partial charge >= 0.3 is 0 Å². The molecule has 2 rings (SSSR count). The third-order valence-corrected chi connectivity index (χ3v) is 3.19. The maximum atomic E-state index is 12.0. The molecule has 0 aromatic carbocycles. The molecule has 0 aliphatic carbocycles. The van der Waals surface area contributed by atoms with Crippen molar-refractivity contribution in [3.63, 3.8) is 0 Å². The number of fused-ring (bicyclic) bond motifs is 1. The molecule has 5 heteroatoms. The summed E-state index contributed by atoms with van der Waals surface area (Å²) in [4.78, 5) is 16.3. The molecular weight excluding hydrogens is 210 g/mol. The number of hydrogen-bond donors (Lipinski definition) is 1. The maximum Gasteiger partial charge on any atom is 0.256 e. The first kappa shape index (κ1) is 10.7. The number of aryl methyl sites for hydroxylation is 1. The third-order valence-electron chi connectivity index (χ3n) is 2.60. The van der Waals surface area contributed by atoms with Crippen molar-refractivity contribution >= 4 is 11.8 Å². The summed E-state index contributed by atoms with van der Waals surface area (Å²) < 4.78 is 1.72. The van der Waals surface area contributed by atoms with Gasteiger partial charge in [-0.05, 0) is 19.2 Å². The first-order chi connectivity index (χ1) is 7.33. The van der Waals surface area contributed by atoms with Gasteiger partial charge in [0.25, 0.3) is 5.56 Å². The molecule has 0 radical (unpaired) electrons. The Morgan fingerprint density at radius 3 is 3.33 bits per heavy atom. The molecule has 0 bridgehead atoms. The highest BCUT2D eigenvalue weighted by atomic mass is 32.2. The van der Waals surface area contributed by atoms with Gasteiger partial charge in [-0.25, -0.2) is 4.98 Å². The quantitative estimate of drug-likeness (QED) is 0.801. The second-order valence-electron chi connectivity index (χ2n) is 3.59. The van der Waals surface area contributed by atoms with Crippen molar-refractivity contribution in [3.8, 4) is 0 Å². The van der Waals surface area contributed by atoms with E-state index >= 15 is 0 Å². The molecule has 2 heterocycles. The van der Waals surface area contributed by atoms with Crippen LogP contribution in [0.25, 0.3) is 0 Å². The monoisotopic (exact) mass is 225 g/mol. The Kier molecular flexibility index (Phi) is 3.43. The van der Waals surface area contributed by atoms with Gasteiger partial charge in [0.15, 0.2) is 0 Å². The predicted molar refractivity (Wildman–Crippen MR) is 62.3 cm³/mol. The molecule has 1 aliphatic rings. The van der Waals surface area contributed by atoms with Crippen LogP contribution in [-0.4, -0.2) is 28.1 Å². The minimum absolute atomic E-state index is 0.149. The summed E-state index contributed by atoms with van der Waals surface area (Å²) >= 11 is 1.74. The molecule has 0 atom stereocenters. The molecular formula is C10H15N3OS. The molecule has 1 N–H and O–H groups in total. The normalized spacial score (nSPS) is 15.0. The first-order valence-electron chi connectivity index (χ1n) is 5.10. The average molecular weight is 225 g/mol. The summed E-state index contributed by atoms with van der Waals surface area (Å²) in [7, 11) is 0. The lowest BCUT2D eigenvalue weighted by molar-refractivity contribution is 0.593. The van der Waals surface area contributed by atoms with Crippen LogP contribution in [0.3, 0.4) is 0 Å². The zero-order chi connectivity index (χ0) is 10.7. The van der Waals surface area contributed by atoms with Crippen molar-refractivity contribution in [1.82, 2.24) is 14.9 Å². The van der Waals surface area contributed by atoms with Crippen LogP contribution in [0.5, 0.6) is 0 Å². The van der Waals surface area contributed by atoms with E-state index in [4.69, 9.17) is 0 Å². The minimum Gasteiger partial charge on any atom is -0.311 e. The third kappa shape index (κ3) is 2.23. The van der Waals surface area contributed by atoms with Gasteiger partial charge in [0.2, 0.25) is 0 Å². The lowest BCUT2D eigenvalue weighted by Crippen LogP contribution is -2.34. The van der Waals surface area contributed by atoms with Gasteiger partial charge in [0, 0.05) is 24.4 Å². The van der Waals surface area contributed by atoms with Crippen LogP contribution >= 0.6 is 11.8 Å². The molecule has 0 saturated carbocycles. The van der Waals surface area contributed by atoms with Crippen molar-refractivity contribution in [2.45, 2.75) is 19.5 Å². The number of rotatable bonds is 3. The molecule has 82 valence electrons. The highest BCUT2D eigenvalue weighted by Gasteiger charge is 2.14. The Morgan fingerprint density at radius 1 is 1.67 bits per heavy atom. The SMILES string of the molecule is CSCCn1cnc2c(c1=O)CCNC2. The smallest absolute Gasteiger partial charge is 0.256 e. The fourth-order valence-electron chi connectivity index (χ4n) is 1.74. The Bertz CT molecular complexity index is 402. The predicted octanol–water partition coefficient (Wildman–Crippen LogP) is 0.252. The highest BCUT2D eigenvalue weighted by Crippen LogP contribution is 2.05. The van der Waals surface area contributed by atoms with E-state index in [1.807, 2.05) is 6.26 Å². The highest BCUT2D eigenvalue weighted by molar-refractivity contribution is 7.98. The van der Waals surface area contributed by atoms with E-state index in [2.05, 4.69) is 10.3 Å². The summed E-state index contributed by atoms with van der Waals surface area (Å²) in [5.41, 5.74) is 1.97. The molecule has 0 fully saturated rings. The molecule has 0 amide bonds. The van der Waals surface area contributed by atoms with Gasteiger partial charge in [0.1, 0.15) is 0 Å². The zero-order valence-corrected chi connectivity index (χ0v) is 9.64. The van der Waals surface area contributed by atoms with Crippen LogP contribution in [0.2, 0.25) is 0 Å². The van der Waals surface area contributed by atoms with Crippen LogP contribution in [-0.2, 0) is 19.5 Å². The van der Waals surface area contributed by atoms with Crippen molar-refractivity contribution < 1.29 is 0 Å². The van der Waals surface area contributed by atoms with Gasteiger partial charge < -0.3 is 5.32 Å². The molecule has 1 aromatic heterocycles. The Hall–Kier alpha value is -0.810. The maximum absolute atomic E-state index is 12.0. The van der Waals surface area contributed by atoms with E-state index in [1.54, 1.807) is 22.7 Å². The van der Waals surface area contributed by atoms with Crippen LogP contribution < -0.4 is 10.9 Å². The first-order valence-corrected chi connectivity index (χ1v) is 6.49. The summed E-state index contributed by atoms with van der Waals surface area (Å²) in [5.74, 6) is 0.957. The van der Waals surface area contributed by atoms with Gasteiger partial charge in [0.05, 0.1) is 12.0 Å². The number of thioether (sulfide) groups is 1. The van der Waals surface area contributed by atoms with Crippen LogP contribution in [0.15, 0.2) is 11.1 Å².